The Balaban J connectivity index is 1.99. The molecule has 6 heteroatoms. The number of aromatic nitrogens is 1. The van der Waals surface area contributed by atoms with Crippen molar-refractivity contribution in [2.45, 2.75) is 18.9 Å². The molecule has 0 aliphatic heterocycles. The molecule has 1 aromatic carbocycles. The number of nitrogens with zero attached hydrogens (tertiary/aromatic N) is 1. The topological polar surface area (TPSA) is 60.5 Å². The van der Waals surface area contributed by atoms with Crippen LogP contribution in [0.25, 0.3) is 6.08 Å². The summed E-state index contributed by atoms with van der Waals surface area (Å²) in [5, 5.41) is 3.73. The van der Waals surface area contributed by atoms with Gasteiger partial charge in [0.1, 0.15) is 0 Å². The normalized spacial score (nSPS) is 10.7. The number of hydrogen-bond donors (Lipinski definition) is 1. The fourth-order valence-corrected chi connectivity index (χ4v) is 2.69. The quantitative estimate of drug-likeness (QED) is 0.564. The van der Waals surface area contributed by atoms with Gasteiger partial charge in [0, 0.05) is 6.08 Å². The van der Waals surface area contributed by atoms with E-state index in [1.807, 2.05) is 37.3 Å². The zero-order valence-corrected chi connectivity index (χ0v) is 15.4. The number of ether oxygens (including phenoxy) is 2. The third kappa shape index (κ3) is 5.83. The van der Waals surface area contributed by atoms with Crippen molar-refractivity contribution >= 4 is 29.4 Å². The van der Waals surface area contributed by atoms with Crippen molar-refractivity contribution < 1.29 is 14.3 Å². The first kappa shape index (κ1) is 18.9. The molecule has 0 saturated carbocycles. The lowest BCUT2D eigenvalue weighted by Gasteiger charge is -2.09. The standard InChI is InChI=1S/C19H22N2O3S/c1-4-24-16-9-6-14(12-17(16)23-3)7-10-18(22)21-15-8-11-19(20-13-15)25-5-2/h6-13H,4-5H2,1-3H3,(H,21,22)/b10-7+. The molecule has 1 heterocycles. The molecular formula is C19H22N2O3S. The summed E-state index contributed by atoms with van der Waals surface area (Å²) in [6, 6.07) is 9.26. The molecule has 0 aliphatic carbocycles. The van der Waals surface area contributed by atoms with Crippen LogP contribution in [0.3, 0.4) is 0 Å². The van der Waals surface area contributed by atoms with E-state index < -0.39 is 0 Å². The van der Waals surface area contributed by atoms with Crippen molar-refractivity contribution in [2.75, 3.05) is 24.8 Å². The van der Waals surface area contributed by atoms with E-state index in [2.05, 4.69) is 17.2 Å². The monoisotopic (exact) mass is 358 g/mol. The summed E-state index contributed by atoms with van der Waals surface area (Å²) in [4.78, 5) is 16.3. The van der Waals surface area contributed by atoms with Gasteiger partial charge in [0.05, 0.1) is 30.6 Å². The second-order valence-electron chi connectivity index (χ2n) is 4.98. The summed E-state index contributed by atoms with van der Waals surface area (Å²) in [5.74, 6) is 2.07. The molecule has 5 nitrogen and oxygen atoms in total. The average Bonchev–Trinajstić information content (AvgIpc) is 2.63. The molecule has 0 aliphatic rings. The minimum Gasteiger partial charge on any atom is -0.493 e. The second-order valence-corrected chi connectivity index (χ2v) is 6.27. The molecule has 0 unspecified atom stereocenters. The lowest BCUT2D eigenvalue weighted by Crippen LogP contribution is -2.07. The second kappa shape index (κ2) is 9.74. The molecule has 0 radical (unpaired) electrons. The van der Waals surface area contributed by atoms with E-state index >= 15 is 0 Å². The van der Waals surface area contributed by atoms with Crippen molar-refractivity contribution in [1.82, 2.24) is 4.98 Å². The molecule has 1 N–H and O–H groups in total. The highest BCUT2D eigenvalue weighted by Gasteiger charge is 2.04. The van der Waals surface area contributed by atoms with Gasteiger partial charge in [-0.3, -0.25) is 4.79 Å². The van der Waals surface area contributed by atoms with Crippen molar-refractivity contribution in [3.63, 3.8) is 0 Å². The molecule has 2 rings (SSSR count). The van der Waals surface area contributed by atoms with Gasteiger partial charge in [-0.25, -0.2) is 4.98 Å². The Morgan fingerprint density at radius 3 is 2.72 bits per heavy atom. The fourth-order valence-electron chi connectivity index (χ4n) is 2.11. The number of hydrogen-bond acceptors (Lipinski definition) is 5. The molecule has 132 valence electrons. The maximum absolute atomic E-state index is 12.0. The predicted molar refractivity (Wildman–Crippen MR) is 102 cm³/mol. The van der Waals surface area contributed by atoms with Crippen LogP contribution in [0.5, 0.6) is 11.5 Å². The van der Waals surface area contributed by atoms with E-state index in [1.165, 1.54) is 6.08 Å². The van der Waals surface area contributed by atoms with Gasteiger partial charge in [0.25, 0.3) is 0 Å². The van der Waals surface area contributed by atoms with Crippen molar-refractivity contribution in [3.05, 3.63) is 48.2 Å². The number of rotatable bonds is 8. The summed E-state index contributed by atoms with van der Waals surface area (Å²) in [5.41, 5.74) is 1.52. The third-order valence-corrected chi connectivity index (χ3v) is 4.04. The molecule has 1 aromatic heterocycles. The third-order valence-electron chi connectivity index (χ3n) is 3.21. The van der Waals surface area contributed by atoms with Gasteiger partial charge in [-0.2, -0.15) is 0 Å². The lowest BCUT2D eigenvalue weighted by atomic mass is 10.2. The molecule has 0 saturated heterocycles. The smallest absolute Gasteiger partial charge is 0.248 e. The maximum atomic E-state index is 12.0. The van der Waals surface area contributed by atoms with Crippen molar-refractivity contribution in [2.24, 2.45) is 0 Å². The first-order valence-electron chi connectivity index (χ1n) is 8.05. The van der Waals surface area contributed by atoms with Crippen LogP contribution in [0.1, 0.15) is 19.4 Å². The number of anilines is 1. The highest BCUT2D eigenvalue weighted by atomic mass is 32.2. The van der Waals surface area contributed by atoms with Crippen LogP contribution in [-0.2, 0) is 4.79 Å². The molecule has 0 spiro atoms. The van der Waals surface area contributed by atoms with Gasteiger partial charge < -0.3 is 14.8 Å². The van der Waals surface area contributed by atoms with Gasteiger partial charge in [-0.05, 0) is 48.6 Å². The van der Waals surface area contributed by atoms with Crippen molar-refractivity contribution in [3.8, 4) is 11.5 Å². The molecule has 1 amide bonds. The average molecular weight is 358 g/mol. The number of carbonyl (C=O) groups is 1. The van der Waals surface area contributed by atoms with E-state index in [0.29, 0.717) is 23.8 Å². The van der Waals surface area contributed by atoms with Gasteiger partial charge in [0.15, 0.2) is 11.5 Å². The van der Waals surface area contributed by atoms with Crippen LogP contribution in [-0.4, -0.2) is 30.4 Å². The number of amides is 1. The van der Waals surface area contributed by atoms with Crippen LogP contribution in [0.2, 0.25) is 0 Å². The Morgan fingerprint density at radius 1 is 1.24 bits per heavy atom. The van der Waals surface area contributed by atoms with E-state index in [-0.39, 0.29) is 5.91 Å². The SMILES string of the molecule is CCOc1ccc(/C=C/C(=O)Nc2ccc(SCC)nc2)cc1OC. The van der Waals surface area contributed by atoms with Crippen LogP contribution in [0.4, 0.5) is 5.69 Å². The van der Waals surface area contributed by atoms with Crippen LogP contribution >= 0.6 is 11.8 Å². The van der Waals surface area contributed by atoms with Crippen LogP contribution in [0, 0.1) is 0 Å². The largest absolute Gasteiger partial charge is 0.493 e. The zero-order chi connectivity index (χ0) is 18.1. The first-order chi connectivity index (χ1) is 12.2. The summed E-state index contributed by atoms with van der Waals surface area (Å²) in [6.45, 7) is 4.56. The Bertz CT molecular complexity index is 730. The van der Waals surface area contributed by atoms with E-state index in [4.69, 9.17) is 9.47 Å². The van der Waals surface area contributed by atoms with Gasteiger partial charge in [-0.1, -0.05) is 13.0 Å². The zero-order valence-electron chi connectivity index (χ0n) is 14.6. The number of nitrogens with one attached hydrogen (secondary N) is 1. The number of carbonyl (C=O) groups excluding carboxylic acids is 1. The summed E-state index contributed by atoms with van der Waals surface area (Å²) in [7, 11) is 1.59. The minimum absolute atomic E-state index is 0.217. The number of pyridine rings is 1. The Morgan fingerprint density at radius 2 is 2.08 bits per heavy atom. The maximum Gasteiger partial charge on any atom is 0.248 e. The number of thioether (sulfide) groups is 1. The predicted octanol–water partition coefficient (Wildman–Crippen LogP) is 4.25. The van der Waals surface area contributed by atoms with Gasteiger partial charge in [0.2, 0.25) is 5.91 Å². The van der Waals surface area contributed by atoms with Crippen LogP contribution < -0.4 is 14.8 Å². The fraction of sp³-hybridized carbons (Fsp3) is 0.263. The number of methoxy groups -OCH3 is 1. The molecule has 0 atom stereocenters. The van der Waals surface area contributed by atoms with E-state index in [9.17, 15) is 4.79 Å². The van der Waals surface area contributed by atoms with Crippen molar-refractivity contribution in [1.29, 1.82) is 0 Å². The van der Waals surface area contributed by atoms with Crippen LogP contribution in [0.15, 0.2) is 47.6 Å². The lowest BCUT2D eigenvalue weighted by molar-refractivity contribution is -0.111. The van der Waals surface area contributed by atoms with E-state index in [1.54, 1.807) is 31.1 Å². The highest BCUT2D eigenvalue weighted by molar-refractivity contribution is 7.99. The molecular weight excluding hydrogens is 336 g/mol. The van der Waals surface area contributed by atoms with E-state index in [0.717, 1.165) is 16.3 Å². The summed E-state index contributed by atoms with van der Waals surface area (Å²) < 4.78 is 10.8. The first-order valence-corrected chi connectivity index (χ1v) is 9.03. The minimum atomic E-state index is -0.217. The summed E-state index contributed by atoms with van der Waals surface area (Å²) in [6.07, 6.45) is 4.86. The van der Waals surface area contributed by atoms with Gasteiger partial charge >= 0.3 is 0 Å². The molecule has 25 heavy (non-hydrogen) atoms. The highest BCUT2D eigenvalue weighted by Crippen LogP contribution is 2.28. The van der Waals surface area contributed by atoms with Gasteiger partial charge in [-0.15, -0.1) is 11.8 Å². The number of benzene rings is 1. The molecule has 0 fully saturated rings. The molecule has 0 bridgehead atoms. The summed E-state index contributed by atoms with van der Waals surface area (Å²) >= 11 is 1.66. The molecule has 2 aromatic rings. The Labute approximate surface area is 152 Å². The Hall–Kier alpha value is -2.47. The Kier molecular flexibility index (Phi) is 7.35.